The summed E-state index contributed by atoms with van der Waals surface area (Å²) in [4.78, 5) is 11.3. The van der Waals surface area contributed by atoms with Gasteiger partial charge in [-0.05, 0) is 13.8 Å². The number of carboxylic acid groups (broad SMARTS) is 1. The first-order chi connectivity index (χ1) is 9.26. The number of rotatable bonds is 3. The molecule has 1 N–H and O–H groups in total. The van der Waals surface area contributed by atoms with E-state index in [0.29, 0.717) is 11.4 Å². The lowest BCUT2D eigenvalue weighted by atomic mass is 10.3. The van der Waals surface area contributed by atoms with Crippen LogP contribution in [0, 0.1) is 13.8 Å². The summed E-state index contributed by atoms with van der Waals surface area (Å²) in [7, 11) is -2.26. The molecule has 2 heterocycles. The number of hydrogen-bond donors (Lipinski definition) is 1. The minimum Gasteiger partial charge on any atom is -0.480 e. The Morgan fingerprint density at radius 2 is 2.10 bits per heavy atom. The number of hydrogen-bond acceptors (Lipinski definition) is 5. The van der Waals surface area contributed by atoms with E-state index < -0.39 is 22.0 Å². The first-order valence-electron chi connectivity index (χ1n) is 6.09. The lowest BCUT2D eigenvalue weighted by Crippen LogP contribution is -2.52. The second kappa shape index (κ2) is 5.15. The molecule has 1 aromatic rings. The number of aromatic nitrogens is 2. The topological polar surface area (TPSA) is 102 Å². The zero-order valence-corrected chi connectivity index (χ0v) is 12.3. The van der Waals surface area contributed by atoms with Gasteiger partial charge < -0.3 is 9.84 Å². The molecule has 0 amide bonds. The van der Waals surface area contributed by atoms with Gasteiger partial charge in [0, 0.05) is 13.6 Å². The molecule has 112 valence electrons. The van der Waals surface area contributed by atoms with Crippen molar-refractivity contribution < 1.29 is 23.1 Å². The van der Waals surface area contributed by atoms with E-state index in [1.165, 1.54) is 4.68 Å². The van der Waals surface area contributed by atoms with Gasteiger partial charge in [0.1, 0.15) is 10.9 Å². The molecule has 2 rings (SSSR count). The maximum absolute atomic E-state index is 12.7. The van der Waals surface area contributed by atoms with E-state index >= 15 is 0 Å². The van der Waals surface area contributed by atoms with Gasteiger partial charge in [-0.3, -0.25) is 9.48 Å². The van der Waals surface area contributed by atoms with E-state index in [1.54, 1.807) is 20.9 Å². The monoisotopic (exact) mass is 303 g/mol. The minimum absolute atomic E-state index is 0.0209. The van der Waals surface area contributed by atoms with Crippen LogP contribution in [-0.2, 0) is 26.6 Å². The summed E-state index contributed by atoms with van der Waals surface area (Å²) in [5, 5.41) is 13.2. The molecule has 1 aliphatic heterocycles. The fourth-order valence-electron chi connectivity index (χ4n) is 2.32. The number of carboxylic acids is 1. The third kappa shape index (κ3) is 2.32. The Bertz CT molecular complexity index is 637. The summed E-state index contributed by atoms with van der Waals surface area (Å²) in [6.45, 7) is 3.29. The number of morpholine rings is 1. The van der Waals surface area contributed by atoms with Crippen LogP contribution in [0.3, 0.4) is 0 Å². The summed E-state index contributed by atoms with van der Waals surface area (Å²) in [6.07, 6.45) is 0. The zero-order chi connectivity index (χ0) is 15.1. The van der Waals surface area contributed by atoms with Crippen LogP contribution in [0.4, 0.5) is 0 Å². The number of nitrogens with zero attached hydrogens (tertiary/aromatic N) is 3. The predicted octanol–water partition coefficient (Wildman–Crippen LogP) is -0.489. The van der Waals surface area contributed by atoms with Gasteiger partial charge in [0.05, 0.1) is 24.6 Å². The van der Waals surface area contributed by atoms with Crippen molar-refractivity contribution in [3.05, 3.63) is 11.4 Å². The van der Waals surface area contributed by atoms with E-state index in [9.17, 15) is 13.2 Å². The van der Waals surface area contributed by atoms with Gasteiger partial charge in [0.15, 0.2) is 0 Å². The van der Waals surface area contributed by atoms with Gasteiger partial charge in [-0.1, -0.05) is 0 Å². The van der Waals surface area contributed by atoms with E-state index in [4.69, 9.17) is 9.84 Å². The Morgan fingerprint density at radius 1 is 1.45 bits per heavy atom. The first kappa shape index (κ1) is 14.9. The van der Waals surface area contributed by atoms with Crippen LogP contribution in [-0.4, -0.2) is 59.4 Å². The average molecular weight is 303 g/mol. The second-order valence-electron chi connectivity index (χ2n) is 4.67. The van der Waals surface area contributed by atoms with Crippen molar-refractivity contribution in [3.8, 4) is 0 Å². The highest BCUT2D eigenvalue weighted by Gasteiger charge is 2.40. The molecule has 1 saturated heterocycles. The first-order valence-corrected chi connectivity index (χ1v) is 7.53. The standard InChI is InChI=1S/C11H17N3O5S/c1-7-10(8(2)13(3)12-7)20(17,18)14-4-5-19-6-9(14)11(15)16/h9H,4-6H2,1-3H3,(H,15,16). The summed E-state index contributed by atoms with van der Waals surface area (Å²) >= 11 is 0. The van der Waals surface area contributed by atoms with Gasteiger partial charge in [0.2, 0.25) is 10.0 Å². The van der Waals surface area contributed by atoms with Crippen molar-refractivity contribution in [2.75, 3.05) is 19.8 Å². The van der Waals surface area contributed by atoms with Crippen LogP contribution >= 0.6 is 0 Å². The molecule has 1 atom stereocenters. The van der Waals surface area contributed by atoms with Crippen molar-refractivity contribution in [2.24, 2.45) is 7.05 Å². The third-order valence-corrected chi connectivity index (χ3v) is 5.53. The van der Waals surface area contributed by atoms with Gasteiger partial charge in [-0.2, -0.15) is 9.40 Å². The molecule has 1 unspecified atom stereocenters. The Balaban J connectivity index is 2.50. The molecule has 9 heteroatoms. The lowest BCUT2D eigenvalue weighted by molar-refractivity contribution is -0.146. The van der Waals surface area contributed by atoms with Crippen molar-refractivity contribution in [1.29, 1.82) is 0 Å². The SMILES string of the molecule is Cc1nn(C)c(C)c1S(=O)(=O)N1CCOCC1C(=O)O. The highest BCUT2D eigenvalue weighted by atomic mass is 32.2. The van der Waals surface area contributed by atoms with Gasteiger partial charge in [-0.25, -0.2) is 8.42 Å². The molecule has 0 radical (unpaired) electrons. The van der Waals surface area contributed by atoms with Crippen molar-refractivity contribution in [3.63, 3.8) is 0 Å². The fourth-order valence-corrected chi connectivity index (χ4v) is 4.27. The van der Waals surface area contributed by atoms with Gasteiger partial charge >= 0.3 is 5.97 Å². The van der Waals surface area contributed by atoms with Gasteiger partial charge in [-0.15, -0.1) is 0 Å². The molecule has 20 heavy (non-hydrogen) atoms. The van der Waals surface area contributed by atoms with E-state index in [0.717, 1.165) is 4.31 Å². The van der Waals surface area contributed by atoms with Gasteiger partial charge in [0.25, 0.3) is 0 Å². The van der Waals surface area contributed by atoms with E-state index in [2.05, 4.69) is 5.10 Å². The predicted molar refractivity (Wildman–Crippen MR) is 68.8 cm³/mol. The third-order valence-electron chi connectivity index (χ3n) is 3.37. The molecular weight excluding hydrogens is 286 g/mol. The molecule has 1 fully saturated rings. The number of aliphatic carboxylic acids is 1. The summed E-state index contributed by atoms with van der Waals surface area (Å²) < 4.78 is 32.9. The maximum atomic E-state index is 12.7. The van der Waals surface area contributed by atoms with Crippen LogP contribution in [0.5, 0.6) is 0 Å². The Morgan fingerprint density at radius 3 is 2.60 bits per heavy atom. The molecule has 0 spiro atoms. The molecule has 0 bridgehead atoms. The molecule has 1 aliphatic rings. The second-order valence-corrected chi connectivity index (χ2v) is 6.50. The average Bonchev–Trinajstić information content (AvgIpc) is 2.63. The molecule has 8 nitrogen and oxygen atoms in total. The fraction of sp³-hybridized carbons (Fsp3) is 0.636. The smallest absolute Gasteiger partial charge is 0.324 e. The number of aryl methyl sites for hydroxylation is 2. The van der Waals surface area contributed by atoms with Crippen LogP contribution < -0.4 is 0 Å². The Hall–Kier alpha value is -1.45. The number of ether oxygens (including phenoxy) is 1. The quantitative estimate of drug-likeness (QED) is 0.808. The van der Waals surface area contributed by atoms with E-state index in [1.807, 2.05) is 0 Å². The normalized spacial score (nSPS) is 21.1. The number of carbonyl (C=O) groups is 1. The summed E-state index contributed by atoms with van der Waals surface area (Å²) in [5.41, 5.74) is 0.846. The zero-order valence-electron chi connectivity index (χ0n) is 11.5. The Kier molecular flexibility index (Phi) is 3.85. The van der Waals surface area contributed by atoms with E-state index in [-0.39, 0.29) is 24.7 Å². The summed E-state index contributed by atoms with van der Waals surface area (Å²) in [6, 6.07) is -1.20. The van der Waals surface area contributed by atoms with Crippen LogP contribution in [0.15, 0.2) is 4.90 Å². The lowest BCUT2D eigenvalue weighted by Gasteiger charge is -2.31. The largest absolute Gasteiger partial charge is 0.480 e. The molecule has 0 aromatic carbocycles. The molecule has 0 aliphatic carbocycles. The van der Waals surface area contributed by atoms with Crippen molar-refractivity contribution in [1.82, 2.24) is 14.1 Å². The van der Waals surface area contributed by atoms with Crippen LogP contribution in [0.1, 0.15) is 11.4 Å². The van der Waals surface area contributed by atoms with Crippen LogP contribution in [0.2, 0.25) is 0 Å². The molecule has 0 saturated carbocycles. The highest BCUT2D eigenvalue weighted by Crippen LogP contribution is 2.25. The number of sulfonamides is 1. The minimum atomic E-state index is -3.91. The van der Waals surface area contributed by atoms with Crippen molar-refractivity contribution in [2.45, 2.75) is 24.8 Å². The van der Waals surface area contributed by atoms with Crippen molar-refractivity contribution >= 4 is 16.0 Å². The van der Waals surface area contributed by atoms with Crippen LogP contribution in [0.25, 0.3) is 0 Å². The maximum Gasteiger partial charge on any atom is 0.324 e. The highest BCUT2D eigenvalue weighted by molar-refractivity contribution is 7.89. The Labute approximate surface area is 117 Å². The molecular formula is C11H17N3O5S. The summed E-state index contributed by atoms with van der Waals surface area (Å²) in [5.74, 6) is -1.22. The molecule has 1 aromatic heterocycles.